The Kier molecular flexibility index (Phi) is 6.73. The summed E-state index contributed by atoms with van der Waals surface area (Å²) in [6.45, 7) is 4.30. The van der Waals surface area contributed by atoms with E-state index in [2.05, 4.69) is 15.3 Å². The number of hydrogen-bond donors (Lipinski definition) is 2. The van der Waals surface area contributed by atoms with E-state index in [-0.39, 0.29) is 17.9 Å². The van der Waals surface area contributed by atoms with Gasteiger partial charge in [-0.2, -0.15) is 0 Å². The lowest BCUT2D eigenvalue weighted by Gasteiger charge is -2.14. The van der Waals surface area contributed by atoms with E-state index in [0.29, 0.717) is 18.5 Å². The number of carbonyl (C=O) groups is 1. The molecule has 1 aromatic carbocycles. The minimum atomic E-state index is -0.346. The Morgan fingerprint density at radius 1 is 1.40 bits per heavy atom. The van der Waals surface area contributed by atoms with Crippen molar-refractivity contribution in [1.82, 2.24) is 5.32 Å². The monoisotopic (exact) mass is 278 g/mol. The van der Waals surface area contributed by atoms with Crippen LogP contribution in [0.15, 0.2) is 29.4 Å². The predicted octanol–water partition coefficient (Wildman–Crippen LogP) is 1.80. The number of benzene rings is 1. The Bertz CT molecular complexity index is 441. The summed E-state index contributed by atoms with van der Waals surface area (Å²) in [5.41, 5.74) is 1.47. The molecule has 1 amide bonds. The first kappa shape index (κ1) is 16.2. The number of oxime groups is 1. The van der Waals surface area contributed by atoms with Crippen molar-refractivity contribution < 1.29 is 14.7 Å². The van der Waals surface area contributed by atoms with E-state index in [4.69, 9.17) is 0 Å². The third-order valence-electron chi connectivity index (χ3n) is 2.83. The van der Waals surface area contributed by atoms with Crippen LogP contribution in [0.1, 0.15) is 36.2 Å². The van der Waals surface area contributed by atoms with Crippen molar-refractivity contribution in [2.24, 2.45) is 11.1 Å². The topological polar surface area (TPSA) is 70.9 Å². The van der Waals surface area contributed by atoms with Crippen molar-refractivity contribution >= 4 is 12.1 Å². The number of nitrogens with zero attached hydrogens (tertiary/aromatic N) is 1. The van der Waals surface area contributed by atoms with Gasteiger partial charge in [-0.1, -0.05) is 24.2 Å². The molecule has 0 radical (unpaired) electrons. The highest BCUT2D eigenvalue weighted by Gasteiger charge is 2.09. The highest BCUT2D eigenvalue weighted by Crippen LogP contribution is 2.06. The molecule has 20 heavy (non-hydrogen) atoms. The van der Waals surface area contributed by atoms with Crippen LogP contribution in [0.25, 0.3) is 0 Å². The van der Waals surface area contributed by atoms with Gasteiger partial charge in [0.25, 0.3) is 5.91 Å². The van der Waals surface area contributed by atoms with Crippen molar-refractivity contribution in [1.29, 1.82) is 0 Å². The molecule has 0 aromatic heterocycles. The standard InChI is InChI=1S/C15H22N2O3/c1-11(8-12(2)18)9-16-15(19)14-6-4-13(5-7-14)10-17-20-3/h4-7,10-12,18H,8-9H2,1-3H3,(H,16,19). The van der Waals surface area contributed by atoms with Gasteiger partial charge in [0.1, 0.15) is 7.11 Å². The van der Waals surface area contributed by atoms with E-state index >= 15 is 0 Å². The average Bonchev–Trinajstić information content (AvgIpc) is 2.42. The summed E-state index contributed by atoms with van der Waals surface area (Å²) < 4.78 is 0. The minimum absolute atomic E-state index is 0.113. The zero-order chi connectivity index (χ0) is 15.0. The van der Waals surface area contributed by atoms with Crippen LogP contribution in [0.3, 0.4) is 0 Å². The summed E-state index contributed by atoms with van der Waals surface area (Å²) >= 11 is 0. The summed E-state index contributed by atoms with van der Waals surface area (Å²) in [5.74, 6) is 0.129. The van der Waals surface area contributed by atoms with Gasteiger partial charge in [0.15, 0.2) is 0 Å². The molecule has 1 rings (SSSR count). The molecule has 110 valence electrons. The molecule has 0 aliphatic heterocycles. The van der Waals surface area contributed by atoms with Crippen molar-refractivity contribution in [3.63, 3.8) is 0 Å². The molecule has 0 aliphatic carbocycles. The first-order valence-corrected chi connectivity index (χ1v) is 6.65. The fourth-order valence-electron chi connectivity index (χ4n) is 1.87. The van der Waals surface area contributed by atoms with E-state index in [1.54, 1.807) is 37.4 Å². The summed E-state index contributed by atoms with van der Waals surface area (Å²) in [5, 5.41) is 15.8. The molecule has 2 unspecified atom stereocenters. The zero-order valence-electron chi connectivity index (χ0n) is 12.2. The van der Waals surface area contributed by atoms with E-state index in [9.17, 15) is 9.90 Å². The van der Waals surface area contributed by atoms with Gasteiger partial charge in [-0.05, 0) is 37.0 Å². The van der Waals surface area contributed by atoms with E-state index in [0.717, 1.165) is 5.56 Å². The molecule has 2 N–H and O–H groups in total. The maximum Gasteiger partial charge on any atom is 0.251 e. The number of nitrogens with one attached hydrogen (secondary N) is 1. The van der Waals surface area contributed by atoms with Gasteiger partial charge < -0.3 is 15.3 Å². The van der Waals surface area contributed by atoms with Gasteiger partial charge >= 0.3 is 0 Å². The molecule has 5 heteroatoms. The van der Waals surface area contributed by atoms with Crippen LogP contribution >= 0.6 is 0 Å². The van der Waals surface area contributed by atoms with Gasteiger partial charge in [0.2, 0.25) is 0 Å². The average molecular weight is 278 g/mol. The smallest absolute Gasteiger partial charge is 0.251 e. The van der Waals surface area contributed by atoms with Crippen LogP contribution in [0.5, 0.6) is 0 Å². The van der Waals surface area contributed by atoms with Crippen LogP contribution in [0.2, 0.25) is 0 Å². The summed E-state index contributed by atoms with van der Waals surface area (Å²) in [4.78, 5) is 16.5. The molecule has 5 nitrogen and oxygen atoms in total. The zero-order valence-corrected chi connectivity index (χ0v) is 12.2. The van der Waals surface area contributed by atoms with Crippen LogP contribution in [0, 0.1) is 5.92 Å². The third-order valence-corrected chi connectivity index (χ3v) is 2.83. The second-order valence-electron chi connectivity index (χ2n) is 4.94. The van der Waals surface area contributed by atoms with Crippen molar-refractivity contribution in [2.45, 2.75) is 26.4 Å². The number of aliphatic hydroxyl groups is 1. The summed E-state index contributed by atoms with van der Waals surface area (Å²) in [6, 6.07) is 7.09. The Labute approximate surface area is 119 Å². The fraction of sp³-hybridized carbons (Fsp3) is 0.467. The normalized spacial score (nSPS) is 14.0. The van der Waals surface area contributed by atoms with E-state index in [1.165, 1.54) is 7.11 Å². The van der Waals surface area contributed by atoms with Crippen LogP contribution < -0.4 is 5.32 Å². The fourth-order valence-corrected chi connectivity index (χ4v) is 1.87. The summed E-state index contributed by atoms with van der Waals surface area (Å²) in [7, 11) is 1.48. The van der Waals surface area contributed by atoms with Crippen LogP contribution in [-0.4, -0.2) is 37.0 Å². The molecule has 1 aromatic rings. The highest BCUT2D eigenvalue weighted by atomic mass is 16.6. The maximum atomic E-state index is 11.9. The highest BCUT2D eigenvalue weighted by molar-refractivity contribution is 5.95. The molecule has 0 aliphatic rings. The molecular weight excluding hydrogens is 256 g/mol. The molecule has 0 bridgehead atoms. The number of rotatable bonds is 7. The largest absolute Gasteiger partial charge is 0.399 e. The molecule has 0 saturated carbocycles. The first-order chi connectivity index (χ1) is 9.52. The predicted molar refractivity (Wildman–Crippen MR) is 78.8 cm³/mol. The first-order valence-electron chi connectivity index (χ1n) is 6.65. The van der Waals surface area contributed by atoms with Gasteiger partial charge in [0.05, 0.1) is 12.3 Å². The van der Waals surface area contributed by atoms with Gasteiger partial charge in [-0.3, -0.25) is 4.79 Å². The minimum Gasteiger partial charge on any atom is -0.399 e. The van der Waals surface area contributed by atoms with E-state index < -0.39 is 0 Å². The van der Waals surface area contributed by atoms with Crippen LogP contribution in [-0.2, 0) is 4.84 Å². The van der Waals surface area contributed by atoms with Gasteiger partial charge in [-0.15, -0.1) is 0 Å². The maximum absolute atomic E-state index is 11.9. The lowest BCUT2D eigenvalue weighted by molar-refractivity contribution is 0.0939. The van der Waals surface area contributed by atoms with Crippen molar-refractivity contribution in [2.75, 3.05) is 13.7 Å². The Hall–Kier alpha value is -1.88. The molecule has 0 saturated heterocycles. The number of carbonyl (C=O) groups excluding carboxylic acids is 1. The second-order valence-corrected chi connectivity index (χ2v) is 4.94. The van der Waals surface area contributed by atoms with Crippen molar-refractivity contribution in [3.05, 3.63) is 35.4 Å². The number of hydrogen-bond acceptors (Lipinski definition) is 4. The van der Waals surface area contributed by atoms with E-state index in [1.807, 2.05) is 6.92 Å². The third kappa shape index (κ3) is 5.84. The quantitative estimate of drug-likeness (QED) is 0.590. The molecule has 0 fully saturated rings. The SMILES string of the molecule is CON=Cc1ccc(C(=O)NCC(C)CC(C)O)cc1. The Balaban J connectivity index is 2.49. The molecule has 2 atom stereocenters. The number of aliphatic hydroxyl groups excluding tert-OH is 1. The Morgan fingerprint density at radius 3 is 2.60 bits per heavy atom. The second kappa shape index (κ2) is 8.32. The molecule has 0 heterocycles. The molecular formula is C15H22N2O3. The lowest BCUT2D eigenvalue weighted by Crippen LogP contribution is -2.29. The summed E-state index contributed by atoms with van der Waals surface area (Å²) in [6.07, 6.45) is 1.90. The van der Waals surface area contributed by atoms with Gasteiger partial charge in [-0.25, -0.2) is 0 Å². The number of amides is 1. The van der Waals surface area contributed by atoms with Crippen molar-refractivity contribution in [3.8, 4) is 0 Å². The Morgan fingerprint density at radius 2 is 2.05 bits per heavy atom. The van der Waals surface area contributed by atoms with Crippen LogP contribution in [0.4, 0.5) is 0 Å². The molecule has 0 spiro atoms. The lowest BCUT2D eigenvalue weighted by atomic mass is 10.0. The van der Waals surface area contributed by atoms with Gasteiger partial charge in [0, 0.05) is 12.1 Å².